The van der Waals surface area contributed by atoms with Crippen molar-refractivity contribution >= 4 is 17.2 Å². The lowest BCUT2D eigenvalue weighted by molar-refractivity contribution is 0.0685. The normalized spacial score (nSPS) is 12.2. The number of nitrogens with zero attached hydrogens (tertiary/aromatic N) is 1. The third-order valence-corrected chi connectivity index (χ3v) is 3.90. The molecule has 0 bridgehead atoms. The molecule has 0 saturated heterocycles. The second-order valence-electron chi connectivity index (χ2n) is 4.59. The summed E-state index contributed by atoms with van der Waals surface area (Å²) in [6, 6.07) is 11.2. The number of rotatable bonds is 4. The van der Waals surface area contributed by atoms with Gasteiger partial charge in [0.1, 0.15) is 6.10 Å². The van der Waals surface area contributed by atoms with E-state index in [2.05, 4.69) is 0 Å². The van der Waals surface area contributed by atoms with Crippen LogP contribution in [-0.2, 0) is 0 Å². The molecule has 19 heavy (non-hydrogen) atoms. The number of benzene rings is 1. The third kappa shape index (κ3) is 3.43. The number of aliphatic hydroxyl groups is 1. The van der Waals surface area contributed by atoms with E-state index >= 15 is 0 Å². The molecule has 1 aromatic carbocycles. The summed E-state index contributed by atoms with van der Waals surface area (Å²) in [6.45, 7) is 2.25. The van der Waals surface area contributed by atoms with Crippen LogP contribution in [0.5, 0.6) is 0 Å². The molecule has 4 heteroatoms. The number of thiophene rings is 1. The van der Waals surface area contributed by atoms with Gasteiger partial charge in [0.15, 0.2) is 0 Å². The van der Waals surface area contributed by atoms with Crippen LogP contribution in [0.15, 0.2) is 41.8 Å². The van der Waals surface area contributed by atoms with E-state index in [4.69, 9.17) is 0 Å². The Morgan fingerprint density at radius 2 is 2.16 bits per heavy atom. The second kappa shape index (κ2) is 5.99. The first-order valence-electron chi connectivity index (χ1n) is 6.11. The highest BCUT2D eigenvalue weighted by Crippen LogP contribution is 2.20. The van der Waals surface area contributed by atoms with Crippen LogP contribution in [-0.4, -0.2) is 29.5 Å². The minimum absolute atomic E-state index is 0.0701. The molecule has 1 unspecified atom stereocenters. The highest BCUT2D eigenvalue weighted by atomic mass is 32.1. The van der Waals surface area contributed by atoms with Gasteiger partial charge in [-0.3, -0.25) is 4.79 Å². The van der Waals surface area contributed by atoms with E-state index in [1.807, 2.05) is 42.6 Å². The Kier molecular flexibility index (Phi) is 4.35. The Morgan fingerprint density at radius 1 is 1.37 bits per heavy atom. The zero-order chi connectivity index (χ0) is 13.8. The van der Waals surface area contributed by atoms with Gasteiger partial charge in [0.25, 0.3) is 5.91 Å². The van der Waals surface area contributed by atoms with E-state index in [0.717, 1.165) is 10.4 Å². The van der Waals surface area contributed by atoms with E-state index in [9.17, 15) is 9.90 Å². The lowest BCUT2D eigenvalue weighted by Gasteiger charge is -2.20. The van der Waals surface area contributed by atoms with E-state index in [1.54, 1.807) is 18.0 Å². The number of amides is 1. The number of carbonyl (C=O) groups excluding carboxylic acids is 1. The van der Waals surface area contributed by atoms with Crippen molar-refractivity contribution in [1.82, 2.24) is 4.90 Å². The van der Waals surface area contributed by atoms with Crippen molar-refractivity contribution in [3.05, 3.63) is 57.8 Å². The number of likely N-dealkylation sites (N-methyl/N-ethyl adjacent to an activating group) is 1. The SMILES string of the molecule is Cc1cccc(C(=O)N(C)CC(O)c2cccs2)c1. The molecule has 0 spiro atoms. The quantitative estimate of drug-likeness (QED) is 0.932. The molecule has 2 rings (SSSR count). The summed E-state index contributed by atoms with van der Waals surface area (Å²) in [5.74, 6) is -0.0701. The van der Waals surface area contributed by atoms with Gasteiger partial charge in [-0.25, -0.2) is 0 Å². The average molecular weight is 275 g/mol. The van der Waals surface area contributed by atoms with Gasteiger partial charge in [-0.1, -0.05) is 23.8 Å². The Bertz CT molecular complexity index is 551. The first-order chi connectivity index (χ1) is 9.08. The molecule has 1 heterocycles. The highest BCUT2D eigenvalue weighted by Gasteiger charge is 2.17. The van der Waals surface area contributed by atoms with E-state index in [1.165, 1.54) is 11.3 Å². The summed E-state index contributed by atoms with van der Waals surface area (Å²) in [4.78, 5) is 14.7. The molecule has 1 atom stereocenters. The summed E-state index contributed by atoms with van der Waals surface area (Å²) < 4.78 is 0. The molecule has 0 fully saturated rings. The van der Waals surface area contributed by atoms with Crippen LogP contribution in [0, 0.1) is 6.92 Å². The van der Waals surface area contributed by atoms with Gasteiger partial charge in [0.2, 0.25) is 0 Å². The maximum atomic E-state index is 12.2. The molecule has 0 radical (unpaired) electrons. The molecule has 1 N–H and O–H groups in total. The Labute approximate surface area is 117 Å². The molecule has 2 aromatic rings. The summed E-state index contributed by atoms with van der Waals surface area (Å²) in [5, 5.41) is 12.0. The van der Waals surface area contributed by atoms with Crippen LogP contribution in [0.2, 0.25) is 0 Å². The van der Waals surface area contributed by atoms with Gasteiger partial charge in [0, 0.05) is 17.5 Å². The van der Waals surface area contributed by atoms with E-state index < -0.39 is 6.10 Å². The van der Waals surface area contributed by atoms with Crippen molar-refractivity contribution in [2.45, 2.75) is 13.0 Å². The Morgan fingerprint density at radius 3 is 2.79 bits per heavy atom. The number of hydrogen-bond acceptors (Lipinski definition) is 3. The van der Waals surface area contributed by atoms with Gasteiger partial charge in [-0.2, -0.15) is 0 Å². The Balaban J connectivity index is 2.03. The van der Waals surface area contributed by atoms with Crippen molar-refractivity contribution < 1.29 is 9.90 Å². The fraction of sp³-hybridized carbons (Fsp3) is 0.267. The van der Waals surface area contributed by atoms with Gasteiger partial charge >= 0.3 is 0 Å². The predicted molar refractivity (Wildman–Crippen MR) is 77.4 cm³/mol. The zero-order valence-corrected chi connectivity index (χ0v) is 11.9. The highest BCUT2D eigenvalue weighted by molar-refractivity contribution is 7.10. The van der Waals surface area contributed by atoms with Crippen molar-refractivity contribution in [3.63, 3.8) is 0 Å². The maximum Gasteiger partial charge on any atom is 0.253 e. The van der Waals surface area contributed by atoms with Gasteiger partial charge < -0.3 is 10.0 Å². The molecule has 1 amide bonds. The van der Waals surface area contributed by atoms with Gasteiger partial charge in [0.05, 0.1) is 6.54 Å². The number of hydrogen-bond donors (Lipinski definition) is 1. The largest absolute Gasteiger partial charge is 0.386 e. The molecule has 100 valence electrons. The first kappa shape index (κ1) is 13.8. The maximum absolute atomic E-state index is 12.2. The zero-order valence-electron chi connectivity index (χ0n) is 11.0. The standard InChI is InChI=1S/C15H17NO2S/c1-11-5-3-6-12(9-11)15(18)16(2)10-13(17)14-7-4-8-19-14/h3-9,13,17H,10H2,1-2H3. The smallest absolute Gasteiger partial charge is 0.253 e. The van der Waals surface area contributed by atoms with E-state index in [0.29, 0.717) is 12.1 Å². The van der Waals surface area contributed by atoms with Crippen molar-refractivity contribution in [2.24, 2.45) is 0 Å². The van der Waals surface area contributed by atoms with Crippen LogP contribution in [0.4, 0.5) is 0 Å². The number of aliphatic hydroxyl groups excluding tert-OH is 1. The van der Waals surface area contributed by atoms with Crippen LogP contribution in [0.25, 0.3) is 0 Å². The molecule has 0 aliphatic rings. The molecule has 3 nitrogen and oxygen atoms in total. The van der Waals surface area contributed by atoms with Crippen LogP contribution in [0.3, 0.4) is 0 Å². The lowest BCUT2D eigenvalue weighted by Crippen LogP contribution is -2.30. The van der Waals surface area contributed by atoms with E-state index in [-0.39, 0.29) is 5.91 Å². The Hall–Kier alpha value is -1.65. The van der Waals surface area contributed by atoms with Crippen molar-refractivity contribution in [2.75, 3.05) is 13.6 Å². The van der Waals surface area contributed by atoms with Gasteiger partial charge in [-0.15, -0.1) is 11.3 Å². The molecular formula is C15H17NO2S. The fourth-order valence-electron chi connectivity index (χ4n) is 1.91. The van der Waals surface area contributed by atoms with Crippen LogP contribution in [0.1, 0.15) is 26.9 Å². The molecule has 0 saturated carbocycles. The topological polar surface area (TPSA) is 40.5 Å². The van der Waals surface area contributed by atoms with Crippen LogP contribution < -0.4 is 0 Å². The first-order valence-corrected chi connectivity index (χ1v) is 6.99. The summed E-state index contributed by atoms with van der Waals surface area (Å²) in [7, 11) is 1.71. The van der Waals surface area contributed by atoms with Crippen molar-refractivity contribution in [3.8, 4) is 0 Å². The minimum atomic E-state index is -0.626. The number of aryl methyl sites for hydroxylation is 1. The number of carbonyl (C=O) groups is 1. The summed E-state index contributed by atoms with van der Waals surface area (Å²) in [6.07, 6.45) is -0.626. The monoisotopic (exact) mass is 275 g/mol. The van der Waals surface area contributed by atoms with Crippen LogP contribution >= 0.6 is 11.3 Å². The minimum Gasteiger partial charge on any atom is -0.386 e. The third-order valence-electron chi connectivity index (χ3n) is 2.93. The lowest BCUT2D eigenvalue weighted by atomic mass is 10.1. The fourth-order valence-corrected chi connectivity index (χ4v) is 2.61. The summed E-state index contributed by atoms with van der Waals surface area (Å²) in [5.41, 5.74) is 1.71. The molecule has 0 aliphatic carbocycles. The molecular weight excluding hydrogens is 258 g/mol. The average Bonchev–Trinajstić information content (AvgIpc) is 2.91. The predicted octanol–water partition coefficient (Wildman–Crippen LogP) is 2.86. The second-order valence-corrected chi connectivity index (χ2v) is 5.57. The summed E-state index contributed by atoms with van der Waals surface area (Å²) >= 11 is 1.50. The van der Waals surface area contributed by atoms with Gasteiger partial charge in [-0.05, 0) is 30.5 Å². The molecule has 1 aromatic heterocycles. The molecule has 0 aliphatic heterocycles. The van der Waals surface area contributed by atoms with Crippen molar-refractivity contribution in [1.29, 1.82) is 0 Å².